The summed E-state index contributed by atoms with van der Waals surface area (Å²) in [5.41, 5.74) is -0.710. The molecule has 1 saturated carbocycles. The minimum atomic E-state index is -1.12. The van der Waals surface area contributed by atoms with Crippen molar-refractivity contribution in [3.63, 3.8) is 0 Å². The average molecular weight is 327 g/mol. The Morgan fingerprint density at radius 2 is 2.00 bits per heavy atom. The van der Waals surface area contributed by atoms with Gasteiger partial charge >= 0.3 is 5.97 Å². The number of amides is 1. The molecule has 19 heavy (non-hydrogen) atoms. The largest absolute Gasteiger partial charge is 0.480 e. The maximum absolute atomic E-state index is 12.2. The topological polar surface area (TPSA) is 79.3 Å². The molecule has 1 fully saturated rings. The molecule has 0 unspecified atom stereocenters. The van der Waals surface area contributed by atoms with Gasteiger partial charge in [0.25, 0.3) is 5.91 Å². The van der Waals surface area contributed by atoms with Crippen molar-refractivity contribution in [2.75, 3.05) is 0 Å². The molecule has 0 aromatic carbocycles. The quantitative estimate of drug-likeness (QED) is 0.836. The molecule has 1 aliphatic rings. The summed E-state index contributed by atoms with van der Waals surface area (Å²) in [4.78, 5) is 27.6. The SMILES string of the molecule is O=C(NC1(C(=O)O)CCCCC1)c1ccnc(Br)c1. The van der Waals surface area contributed by atoms with Gasteiger partial charge in [-0.1, -0.05) is 19.3 Å². The molecule has 0 bridgehead atoms. The summed E-state index contributed by atoms with van der Waals surface area (Å²) in [7, 11) is 0. The van der Waals surface area contributed by atoms with Gasteiger partial charge in [0.1, 0.15) is 10.1 Å². The third-order valence-corrected chi connectivity index (χ3v) is 3.89. The van der Waals surface area contributed by atoms with E-state index < -0.39 is 11.5 Å². The van der Waals surface area contributed by atoms with Gasteiger partial charge in [0.15, 0.2) is 0 Å². The first-order valence-electron chi connectivity index (χ1n) is 6.21. The van der Waals surface area contributed by atoms with Crippen LogP contribution in [0.2, 0.25) is 0 Å². The van der Waals surface area contributed by atoms with Gasteiger partial charge < -0.3 is 10.4 Å². The number of carboxylic acid groups (broad SMARTS) is 1. The predicted octanol–water partition coefficient (Wildman–Crippen LogP) is 2.36. The van der Waals surface area contributed by atoms with Crippen LogP contribution in [0.15, 0.2) is 22.9 Å². The number of pyridine rings is 1. The lowest BCUT2D eigenvalue weighted by atomic mass is 9.81. The fourth-order valence-corrected chi connectivity index (χ4v) is 2.75. The highest BCUT2D eigenvalue weighted by Crippen LogP contribution is 2.29. The fourth-order valence-electron chi connectivity index (χ4n) is 2.38. The highest BCUT2D eigenvalue weighted by Gasteiger charge is 2.41. The van der Waals surface area contributed by atoms with Crippen LogP contribution in [0.25, 0.3) is 0 Å². The summed E-state index contributed by atoms with van der Waals surface area (Å²) in [5, 5.41) is 12.1. The van der Waals surface area contributed by atoms with Gasteiger partial charge in [-0.3, -0.25) is 4.79 Å². The summed E-state index contributed by atoms with van der Waals surface area (Å²) in [6.07, 6.45) is 5.15. The molecule has 6 heteroatoms. The Labute approximate surface area is 119 Å². The normalized spacial score (nSPS) is 17.7. The molecule has 0 radical (unpaired) electrons. The number of hydrogen-bond donors (Lipinski definition) is 2. The molecule has 2 N–H and O–H groups in total. The Balaban J connectivity index is 2.18. The molecule has 1 amide bonds. The Hall–Kier alpha value is -1.43. The van der Waals surface area contributed by atoms with E-state index >= 15 is 0 Å². The van der Waals surface area contributed by atoms with Crippen molar-refractivity contribution in [1.29, 1.82) is 0 Å². The van der Waals surface area contributed by atoms with Crippen LogP contribution in [0.5, 0.6) is 0 Å². The molecule has 2 rings (SSSR count). The summed E-state index contributed by atoms with van der Waals surface area (Å²) < 4.78 is 0.549. The second-order valence-corrected chi connectivity index (χ2v) is 5.58. The zero-order valence-electron chi connectivity index (χ0n) is 10.4. The summed E-state index contributed by atoms with van der Waals surface area (Å²) in [6, 6.07) is 3.15. The monoisotopic (exact) mass is 326 g/mol. The Bertz CT molecular complexity index is 498. The van der Waals surface area contributed by atoms with Crippen LogP contribution in [0.1, 0.15) is 42.5 Å². The van der Waals surface area contributed by atoms with Crippen molar-refractivity contribution in [2.24, 2.45) is 0 Å². The highest BCUT2D eigenvalue weighted by atomic mass is 79.9. The maximum atomic E-state index is 12.2. The number of nitrogens with one attached hydrogen (secondary N) is 1. The summed E-state index contributed by atoms with van der Waals surface area (Å²) in [5.74, 6) is -1.32. The van der Waals surface area contributed by atoms with Crippen molar-refractivity contribution in [3.05, 3.63) is 28.5 Å². The van der Waals surface area contributed by atoms with Gasteiger partial charge in [0, 0.05) is 11.8 Å². The molecule has 1 heterocycles. The van der Waals surface area contributed by atoms with Gasteiger partial charge in [-0.05, 0) is 40.9 Å². The number of carbonyl (C=O) groups is 2. The molecular formula is C13H15BrN2O3. The molecule has 1 aromatic rings. The molecular weight excluding hydrogens is 312 g/mol. The lowest BCUT2D eigenvalue weighted by molar-refractivity contribution is -0.145. The molecule has 0 spiro atoms. The minimum Gasteiger partial charge on any atom is -0.480 e. The van der Waals surface area contributed by atoms with Crippen LogP contribution in [-0.4, -0.2) is 27.5 Å². The van der Waals surface area contributed by atoms with Crippen LogP contribution >= 0.6 is 15.9 Å². The summed E-state index contributed by atoms with van der Waals surface area (Å²) in [6.45, 7) is 0. The first kappa shape index (κ1) is 14.0. The standard InChI is InChI=1S/C13H15BrN2O3/c14-10-8-9(4-7-15-10)11(17)16-13(12(18)19)5-2-1-3-6-13/h4,7-8H,1-3,5-6H2,(H,16,17)(H,18,19). The molecule has 0 atom stereocenters. The number of aliphatic carboxylic acids is 1. The van der Waals surface area contributed by atoms with Crippen LogP contribution in [0.4, 0.5) is 0 Å². The maximum Gasteiger partial charge on any atom is 0.329 e. The van der Waals surface area contributed by atoms with E-state index in [0.717, 1.165) is 19.3 Å². The molecule has 1 aromatic heterocycles. The Morgan fingerprint density at radius 1 is 1.32 bits per heavy atom. The van der Waals surface area contributed by atoms with Gasteiger partial charge in [0.05, 0.1) is 0 Å². The fraction of sp³-hybridized carbons (Fsp3) is 0.462. The lowest BCUT2D eigenvalue weighted by Crippen LogP contribution is -2.55. The van der Waals surface area contributed by atoms with E-state index in [1.54, 1.807) is 12.1 Å². The number of nitrogens with zero attached hydrogens (tertiary/aromatic N) is 1. The number of carboxylic acids is 1. The first-order chi connectivity index (χ1) is 9.03. The van der Waals surface area contributed by atoms with Gasteiger partial charge in [-0.15, -0.1) is 0 Å². The van der Waals surface area contributed by atoms with Crippen molar-refractivity contribution in [1.82, 2.24) is 10.3 Å². The van der Waals surface area contributed by atoms with Crippen LogP contribution in [0.3, 0.4) is 0 Å². The molecule has 102 valence electrons. The zero-order chi connectivity index (χ0) is 13.9. The van der Waals surface area contributed by atoms with E-state index in [2.05, 4.69) is 26.2 Å². The Morgan fingerprint density at radius 3 is 2.58 bits per heavy atom. The number of halogens is 1. The number of carbonyl (C=O) groups excluding carboxylic acids is 1. The van der Waals surface area contributed by atoms with Gasteiger partial charge in [0.2, 0.25) is 0 Å². The highest BCUT2D eigenvalue weighted by molar-refractivity contribution is 9.10. The van der Waals surface area contributed by atoms with Crippen molar-refractivity contribution < 1.29 is 14.7 Å². The van der Waals surface area contributed by atoms with E-state index in [1.807, 2.05) is 0 Å². The second-order valence-electron chi connectivity index (χ2n) is 4.77. The Kier molecular flexibility index (Phi) is 4.19. The zero-order valence-corrected chi connectivity index (χ0v) is 11.9. The van der Waals surface area contributed by atoms with E-state index in [-0.39, 0.29) is 5.91 Å². The van der Waals surface area contributed by atoms with Gasteiger partial charge in [-0.2, -0.15) is 0 Å². The number of hydrogen-bond acceptors (Lipinski definition) is 3. The van der Waals surface area contributed by atoms with Gasteiger partial charge in [-0.25, -0.2) is 9.78 Å². The van der Waals surface area contributed by atoms with Crippen LogP contribution in [-0.2, 0) is 4.79 Å². The second kappa shape index (κ2) is 5.69. The lowest BCUT2D eigenvalue weighted by Gasteiger charge is -2.33. The smallest absolute Gasteiger partial charge is 0.329 e. The van der Waals surface area contributed by atoms with E-state index in [4.69, 9.17) is 0 Å². The molecule has 0 aliphatic heterocycles. The minimum absolute atomic E-state index is 0.368. The van der Waals surface area contributed by atoms with Crippen LogP contribution in [0, 0.1) is 0 Å². The number of rotatable bonds is 3. The third kappa shape index (κ3) is 3.12. The predicted molar refractivity (Wildman–Crippen MR) is 72.9 cm³/mol. The average Bonchev–Trinajstić information content (AvgIpc) is 2.39. The summed E-state index contributed by atoms with van der Waals surface area (Å²) >= 11 is 3.19. The van der Waals surface area contributed by atoms with Crippen molar-refractivity contribution >= 4 is 27.8 Å². The first-order valence-corrected chi connectivity index (χ1v) is 7.00. The van der Waals surface area contributed by atoms with E-state index in [9.17, 15) is 14.7 Å². The van der Waals surface area contributed by atoms with Crippen LogP contribution < -0.4 is 5.32 Å². The van der Waals surface area contributed by atoms with E-state index in [0.29, 0.717) is 23.0 Å². The van der Waals surface area contributed by atoms with E-state index in [1.165, 1.54) is 6.20 Å². The molecule has 5 nitrogen and oxygen atoms in total. The van der Waals surface area contributed by atoms with Crippen molar-refractivity contribution in [2.45, 2.75) is 37.6 Å². The molecule has 0 saturated heterocycles. The number of aromatic nitrogens is 1. The van der Waals surface area contributed by atoms with Crippen molar-refractivity contribution in [3.8, 4) is 0 Å². The third-order valence-electron chi connectivity index (χ3n) is 3.46. The molecule has 1 aliphatic carbocycles.